The molecule has 0 spiro atoms. The maximum atomic E-state index is 12.0. The van der Waals surface area contributed by atoms with Crippen molar-refractivity contribution in [2.24, 2.45) is 0 Å². The van der Waals surface area contributed by atoms with E-state index in [4.69, 9.17) is 0 Å². The third-order valence-corrected chi connectivity index (χ3v) is 3.32. The van der Waals surface area contributed by atoms with Crippen molar-refractivity contribution in [3.63, 3.8) is 0 Å². The molecule has 0 bridgehead atoms. The largest absolute Gasteiger partial charge is 0.356 e. The number of likely N-dealkylation sites (N-methyl/N-ethyl adjacent to an activating group) is 1. The minimum atomic E-state index is -0.0209. The molecule has 2 N–H and O–H groups in total. The molecule has 1 heterocycles. The van der Waals surface area contributed by atoms with E-state index in [0.29, 0.717) is 25.4 Å². The Bertz CT molecular complexity index is 287. The number of carbonyl (C=O) groups is 2. The molecule has 0 aromatic rings. The van der Waals surface area contributed by atoms with Gasteiger partial charge in [-0.25, -0.2) is 0 Å². The number of carbonyl (C=O) groups excluding carboxylic acids is 2. The van der Waals surface area contributed by atoms with Crippen molar-refractivity contribution in [1.82, 2.24) is 15.5 Å². The van der Waals surface area contributed by atoms with Gasteiger partial charge in [0.25, 0.3) is 0 Å². The first-order valence-corrected chi connectivity index (χ1v) is 6.89. The SMILES string of the molecule is CCCNC(=O)CCC(=O)N1CCCC(NC)C1.Cl. The van der Waals surface area contributed by atoms with Crippen molar-refractivity contribution in [3.05, 3.63) is 0 Å². The van der Waals surface area contributed by atoms with Crippen molar-refractivity contribution in [3.8, 4) is 0 Å². The third kappa shape index (κ3) is 6.78. The van der Waals surface area contributed by atoms with Gasteiger partial charge in [0.2, 0.25) is 11.8 Å². The van der Waals surface area contributed by atoms with Crippen molar-refractivity contribution in [2.75, 3.05) is 26.7 Å². The summed E-state index contributed by atoms with van der Waals surface area (Å²) in [5.41, 5.74) is 0. The van der Waals surface area contributed by atoms with Crippen molar-refractivity contribution < 1.29 is 9.59 Å². The van der Waals surface area contributed by atoms with E-state index >= 15 is 0 Å². The number of hydrogen-bond donors (Lipinski definition) is 2. The molecule has 5 nitrogen and oxygen atoms in total. The van der Waals surface area contributed by atoms with Crippen LogP contribution in [0.15, 0.2) is 0 Å². The van der Waals surface area contributed by atoms with Crippen LogP contribution >= 0.6 is 12.4 Å². The Morgan fingerprint density at radius 3 is 2.68 bits per heavy atom. The van der Waals surface area contributed by atoms with Crippen molar-refractivity contribution >= 4 is 24.2 Å². The van der Waals surface area contributed by atoms with Gasteiger partial charge < -0.3 is 15.5 Å². The Morgan fingerprint density at radius 2 is 2.05 bits per heavy atom. The summed E-state index contributed by atoms with van der Waals surface area (Å²) >= 11 is 0. The van der Waals surface area contributed by atoms with Crippen molar-refractivity contribution in [1.29, 1.82) is 0 Å². The molecular weight excluding hydrogens is 266 g/mol. The van der Waals surface area contributed by atoms with Gasteiger partial charge in [0.05, 0.1) is 0 Å². The number of hydrogen-bond acceptors (Lipinski definition) is 3. The molecule has 1 aliphatic heterocycles. The first kappa shape index (κ1) is 18.2. The topological polar surface area (TPSA) is 61.4 Å². The second-order valence-corrected chi connectivity index (χ2v) is 4.82. The van der Waals surface area contributed by atoms with Gasteiger partial charge >= 0.3 is 0 Å². The average molecular weight is 292 g/mol. The van der Waals surface area contributed by atoms with Gasteiger partial charge in [0.15, 0.2) is 0 Å². The molecule has 0 saturated carbocycles. The molecule has 2 amide bonds. The Morgan fingerprint density at radius 1 is 1.32 bits per heavy atom. The van der Waals surface area contributed by atoms with Crippen LogP contribution in [0.3, 0.4) is 0 Å². The molecular formula is C13H26ClN3O2. The Balaban J connectivity index is 0.00000324. The van der Waals surface area contributed by atoms with E-state index < -0.39 is 0 Å². The lowest BCUT2D eigenvalue weighted by molar-refractivity contribution is -0.134. The number of nitrogens with zero attached hydrogens (tertiary/aromatic N) is 1. The van der Waals surface area contributed by atoms with E-state index in [1.165, 1.54) is 0 Å². The van der Waals surface area contributed by atoms with Gasteiger partial charge in [-0.3, -0.25) is 9.59 Å². The van der Waals surface area contributed by atoms with Crippen LogP contribution < -0.4 is 10.6 Å². The molecule has 0 radical (unpaired) electrons. The first-order valence-electron chi connectivity index (χ1n) is 6.89. The number of rotatable bonds is 6. The fourth-order valence-electron chi connectivity index (χ4n) is 2.17. The molecule has 0 aromatic carbocycles. The van der Waals surface area contributed by atoms with Crippen LogP contribution in [0.1, 0.15) is 39.0 Å². The van der Waals surface area contributed by atoms with Gasteiger partial charge in [-0.2, -0.15) is 0 Å². The zero-order valence-corrected chi connectivity index (χ0v) is 12.7. The van der Waals surface area contributed by atoms with Crippen LogP contribution in [0.5, 0.6) is 0 Å². The number of halogens is 1. The highest BCUT2D eigenvalue weighted by molar-refractivity contribution is 5.85. The Labute approximate surface area is 121 Å². The number of piperidine rings is 1. The van der Waals surface area contributed by atoms with Gasteiger partial charge in [-0.05, 0) is 26.3 Å². The van der Waals surface area contributed by atoms with Crippen LogP contribution in [0, 0.1) is 0 Å². The standard InChI is InChI=1S/C13H25N3O2.ClH/c1-3-8-15-12(17)6-7-13(18)16-9-4-5-11(10-16)14-2;/h11,14H,3-10H2,1-2H3,(H,15,17);1H. The van der Waals surface area contributed by atoms with Gasteiger partial charge in [0.1, 0.15) is 0 Å². The summed E-state index contributed by atoms with van der Waals surface area (Å²) in [4.78, 5) is 25.2. The second kappa shape index (κ2) is 10.0. The normalized spacial score (nSPS) is 18.6. The van der Waals surface area contributed by atoms with Gasteiger partial charge in [-0.1, -0.05) is 6.92 Å². The quantitative estimate of drug-likeness (QED) is 0.765. The minimum Gasteiger partial charge on any atom is -0.356 e. The molecule has 1 saturated heterocycles. The number of likely N-dealkylation sites (tertiary alicyclic amines) is 1. The molecule has 1 unspecified atom stereocenters. The van der Waals surface area contributed by atoms with Crippen LogP contribution in [-0.4, -0.2) is 49.4 Å². The number of nitrogens with one attached hydrogen (secondary N) is 2. The Kier molecular flexibility index (Phi) is 9.61. The molecule has 1 fully saturated rings. The first-order chi connectivity index (χ1) is 8.67. The molecule has 0 aliphatic carbocycles. The summed E-state index contributed by atoms with van der Waals surface area (Å²) in [5, 5.41) is 6.00. The van der Waals surface area contributed by atoms with Crippen LogP contribution in [0.2, 0.25) is 0 Å². The third-order valence-electron chi connectivity index (χ3n) is 3.32. The predicted octanol–water partition coefficient (Wildman–Crippen LogP) is 0.925. The molecule has 112 valence electrons. The summed E-state index contributed by atoms with van der Waals surface area (Å²) in [7, 11) is 1.93. The van der Waals surface area contributed by atoms with Crippen LogP contribution in [0.4, 0.5) is 0 Å². The second-order valence-electron chi connectivity index (χ2n) is 4.82. The molecule has 0 aromatic heterocycles. The average Bonchev–Trinajstić information content (AvgIpc) is 2.42. The van der Waals surface area contributed by atoms with Crippen molar-refractivity contribution in [2.45, 2.75) is 45.1 Å². The monoisotopic (exact) mass is 291 g/mol. The lowest BCUT2D eigenvalue weighted by atomic mass is 10.1. The minimum absolute atomic E-state index is 0. The molecule has 1 rings (SSSR count). The Hall–Kier alpha value is -0.810. The smallest absolute Gasteiger partial charge is 0.223 e. The lowest BCUT2D eigenvalue weighted by Crippen LogP contribution is -2.47. The highest BCUT2D eigenvalue weighted by Crippen LogP contribution is 2.11. The summed E-state index contributed by atoms with van der Waals surface area (Å²) in [6.07, 6.45) is 3.72. The van der Waals surface area contributed by atoms with E-state index in [2.05, 4.69) is 10.6 Å². The fraction of sp³-hybridized carbons (Fsp3) is 0.846. The fourth-order valence-corrected chi connectivity index (χ4v) is 2.17. The summed E-state index contributed by atoms with van der Waals surface area (Å²) < 4.78 is 0. The number of amides is 2. The molecule has 1 atom stereocenters. The summed E-state index contributed by atoms with van der Waals surface area (Å²) in [6.45, 7) is 4.30. The van der Waals surface area contributed by atoms with E-state index in [0.717, 1.165) is 32.4 Å². The predicted molar refractivity (Wildman–Crippen MR) is 78.4 cm³/mol. The highest BCUT2D eigenvalue weighted by Gasteiger charge is 2.22. The lowest BCUT2D eigenvalue weighted by Gasteiger charge is -2.32. The zero-order valence-electron chi connectivity index (χ0n) is 11.9. The van der Waals surface area contributed by atoms with Crippen LogP contribution in [-0.2, 0) is 9.59 Å². The van der Waals surface area contributed by atoms with E-state index in [-0.39, 0.29) is 24.2 Å². The highest BCUT2D eigenvalue weighted by atomic mass is 35.5. The molecule has 6 heteroatoms. The van der Waals surface area contributed by atoms with E-state index in [9.17, 15) is 9.59 Å². The molecule has 1 aliphatic rings. The maximum Gasteiger partial charge on any atom is 0.223 e. The maximum absolute atomic E-state index is 12.0. The van der Waals surface area contributed by atoms with E-state index in [1.54, 1.807) is 0 Å². The zero-order chi connectivity index (χ0) is 13.4. The molecule has 19 heavy (non-hydrogen) atoms. The van der Waals surface area contributed by atoms with Crippen LogP contribution in [0.25, 0.3) is 0 Å². The van der Waals surface area contributed by atoms with Gasteiger partial charge in [0, 0.05) is 38.5 Å². The van der Waals surface area contributed by atoms with E-state index in [1.807, 2.05) is 18.9 Å². The van der Waals surface area contributed by atoms with Gasteiger partial charge in [-0.15, -0.1) is 12.4 Å². The summed E-state index contributed by atoms with van der Waals surface area (Å²) in [6, 6.07) is 0.400. The summed E-state index contributed by atoms with van der Waals surface area (Å²) in [5.74, 6) is 0.0778.